The van der Waals surface area contributed by atoms with Gasteiger partial charge in [-0.1, -0.05) is 24.3 Å². The lowest BCUT2D eigenvalue weighted by Crippen LogP contribution is -2.06. The van der Waals surface area contributed by atoms with Crippen molar-refractivity contribution in [2.24, 2.45) is 0 Å². The van der Waals surface area contributed by atoms with Gasteiger partial charge in [-0.15, -0.1) is 10.2 Å². The molecule has 0 aliphatic rings. The molecule has 0 atom stereocenters. The maximum absolute atomic E-state index is 12.0. The molecule has 0 aliphatic carbocycles. The number of aryl methyl sites for hydroxylation is 1. The fraction of sp³-hybridized carbons (Fsp3) is 0.118. The van der Waals surface area contributed by atoms with Crippen molar-refractivity contribution in [2.75, 3.05) is 0 Å². The van der Waals surface area contributed by atoms with Gasteiger partial charge in [0, 0.05) is 17.2 Å². The molecule has 0 unspecified atom stereocenters. The highest BCUT2D eigenvalue weighted by Gasteiger charge is 2.17. The normalized spacial score (nSPS) is 10.4. The Hall–Kier alpha value is -3.55. The summed E-state index contributed by atoms with van der Waals surface area (Å²) in [6, 6.07) is 13.3. The Balaban J connectivity index is 1.68. The summed E-state index contributed by atoms with van der Waals surface area (Å²) >= 11 is 0. The molecular formula is C17H13N3O5. The maximum atomic E-state index is 12.0. The van der Waals surface area contributed by atoms with Gasteiger partial charge < -0.3 is 9.15 Å². The SMILES string of the molecule is Cc1ccc(C(=O)OCc2nnc(-c3ccccc3)o2)cc1[N+](=O)[O-]. The molecule has 0 bridgehead atoms. The topological polar surface area (TPSA) is 108 Å². The molecule has 0 spiro atoms. The van der Waals surface area contributed by atoms with Crippen LogP contribution >= 0.6 is 0 Å². The minimum atomic E-state index is -0.706. The molecule has 0 radical (unpaired) electrons. The fourth-order valence-electron chi connectivity index (χ4n) is 2.15. The van der Waals surface area contributed by atoms with Crippen LogP contribution in [-0.4, -0.2) is 21.1 Å². The van der Waals surface area contributed by atoms with Crippen molar-refractivity contribution in [3.63, 3.8) is 0 Å². The zero-order valence-corrected chi connectivity index (χ0v) is 13.2. The molecule has 2 aromatic carbocycles. The van der Waals surface area contributed by atoms with E-state index in [9.17, 15) is 14.9 Å². The lowest BCUT2D eigenvalue weighted by atomic mass is 10.1. The Kier molecular flexibility index (Phi) is 4.51. The average Bonchev–Trinajstić information content (AvgIpc) is 3.09. The van der Waals surface area contributed by atoms with Gasteiger partial charge in [-0.2, -0.15) is 0 Å². The van der Waals surface area contributed by atoms with Crippen molar-refractivity contribution in [2.45, 2.75) is 13.5 Å². The molecule has 0 saturated carbocycles. The molecule has 25 heavy (non-hydrogen) atoms. The van der Waals surface area contributed by atoms with Crippen LogP contribution in [0.3, 0.4) is 0 Å². The van der Waals surface area contributed by atoms with Crippen LogP contribution in [0.5, 0.6) is 0 Å². The summed E-state index contributed by atoms with van der Waals surface area (Å²) in [6.45, 7) is 1.37. The van der Waals surface area contributed by atoms with Gasteiger partial charge in [-0.3, -0.25) is 10.1 Å². The van der Waals surface area contributed by atoms with Gasteiger partial charge in [0.05, 0.1) is 10.5 Å². The number of nitro groups is 1. The van der Waals surface area contributed by atoms with E-state index in [1.165, 1.54) is 18.2 Å². The second-order valence-electron chi connectivity index (χ2n) is 5.20. The molecule has 8 heteroatoms. The summed E-state index contributed by atoms with van der Waals surface area (Å²) in [7, 11) is 0. The molecule has 1 heterocycles. The lowest BCUT2D eigenvalue weighted by molar-refractivity contribution is -0.385. The van der Waals surface area contributed by atoms with E-state index in [0.717, 1.165) is 5.56 Å². The minimum absolute atomic E-state index is 0.0834. The van der Waals surface area contributed by atoms with Crippen molar-refractivity contribution < 1.29 is 18.9 Å². The third kappa shape index (κ3) is 3.69. The predicted octanol–water partition coefficient (Wildman–Crippen LogP) is 3.31. The van der Waals surface area contributed by atoms with Crippen molar-refractivity contribution in [1.82, 2.24) is 10.2 Å². The Morgan fingerprint density at radius 2 is 1.96 bits per heavy atom. The van der Waals surface area contributed by atoms with Crippen LogP contribution in [0.25, 0.3) is 11.5 Å². The Morgan fingerprint density at radius 3 is 2.68 bits per heavy atom. The van der Waals surface area contributed by atoms with Crippen LogP contribution in [0.15, 0.2) is 52.9 Å². The maximum Gasteiger partial charge on any atom is 0.338 e. The summed E-state index contributed by atoms with van der Waals surface area (Å²) in [6.07, 6.45) is 0. The van der Waals surface area contributed by atoms with Crippen LogP contribution in [0.1, 0.15) is 21.8 Å². The van der Waals surface area contributed by atoms with E-state index in [4.69, 9.17) is 9.15 Å². The number of benzene rings is 2. The summed E-state index contributed by atoms with van der Waals surface area (Å²) in [5, 5.41) is 18.6. The van der Waals surface area contributed by atoms with Crippen LogP contribution in [0.2, 0.25) is 0 Å². The lowest BCUT2D eigenvalue weighted by Gasteiger charge is -2.03. The van der Waals surface area contributed by atoms with Gasteiger partial charge in [-0.25, -0.2) is 4.79 Å². The summed E-state index contributed by atoms with van der Waals surface area (Å²) < 4.78 is 10.5. The van der Waals surface area contributed by atoms with Crippen molar-refractivity contribution in [3.05, 3.63) is 75.7 Å². The van der Waals surface area contributed by atoms with E-state index in [0.29, 0.717) is 11.5 Å². The number of ether oxygens (including phenoxy) is 1. The highest BCUT2D eigenvalue weighted by atomic mass is 16.6. The molecular weight excluding hydrogens is 326 g/mol. The first-order chi connectivity index (χ1) is 12.0. The number of hydrogen-bond acceptors (Lipinski definition) is 7. The first kappa shape index (κ1) is 16.3. The van der Waals surface area contributed by atoms with Gasteiger partial charge in [-0.05, 0) is 25.1 Å². The highest BCUT2D eigenvalue weighted by Crippen LogP contribution is 2.21. The summed E-state index contributed by atoms with van der Waals surface area (Å²) in [4.78, 5) is 22.4. The van der Waals surface area contributed by atoms with Crippen LogP contribution in [0, 0.1) is 17.0 Å². The molecule has 1 aromatic heterocycles. The van der Waals surface area contributed by atoms with Gasteiger partial charge in [0.15, 0.2) is 6.61 Å². The number of aromatic nitrogens is 2. The summed E-state index contributed by atoms with van der Waals surface area (Å²) in [5.74, 6) is -0.256. The van der Waals surface area contributed by atoms with E-state index in [1.54, 1.807) is 6.92 Å². The molecule has 0 saturated heterocycles. The minimum Gasteiger partial charge on any atom is -0.452 e. The van der Waals surface area contributed by atoms with Gasteiger partial charge in [0.2, 0.25) is 5.89 Å². The van der Waals surface area contributed by atoms with Gasteiger partial charge in [0.25, 0.3) is 11.6 Å². The van der Waals surface area contributed by atoms with Gasteiger partial charge in [0.1, 0.15) is 0 Å². The van der Waals surface area contributed by atoms with E-state index >= 15 is 0 Å². The largest absolute Gasteiger partial charge is 0.452 e. The Morgan fingerprint density at radius 1 is 1.20 bits per heavy atom. The number of nitro benzene ring substituents is 1. The second kappa shape index (κ2) is 6.91. The second-order valence-corrected chi connectivity index (χ2v) is 5.20. The predicted molar refractivity (Wildman–Crippen MR) is 86.7 cm³/mol. The van der Waals surface area contributed by atoms with Crippen LogP contribution in [0.4, 0.5) is 5.69 Å². The average molecular weight is 339 g/mol. The van der Waals surface area contributed by atoms with Crippen molar-refractivity contribution in [1.29, 1.82) is 0 Å². The Bertz CT molecular complexity index is 921. The molecule has 3 aromatic rings. The quantitative estimate of drug-likeness (QED) is 0.398. The molecule has 8 nitrogen and oxygen atoms in total. The van der Waals surface area contributed by atoms with E-state index in [-0.39, 0.29) is 23.7 Å². The molecule has 0 amide bonds. The number of rotatable bonds is 5. The van der Waals surface area contributed by atoms with Crippen LogP contribution in [-0.2, 0) is 11.3 Å². The first-order valence-corrected chi connectivity index (χ1v) is 7.34. The fourth-order valence-corrected chi connectivity index (χ4v) is 2.15. The monoisotopic (exact) mass is 339 g/mol. The van der Waals surface area contributed by atoms with E-state index < -0.39 is 10.9 Å². The molecule has 0 aliphatic heterocycles. The zero-order valence-electron chi connectivity index (χ0n) is 13.2. The Labute approximate surface area is 142 Å². The molecule has 0 fully saturated rings. The van der Waals surface area contributed by atoms with Crippen molar-refractivity contribution in [3.8, 4) is 11.5 Å². The van der Waals surface area contributed by atoms with Crippen molar-refractivity contribution >= 4 is 11.7 Å². The number of nitrogens with zero attached hydrogens (tertiary/aromatic N) is 3. The number of esters is 1. The zero-order chi connectivity index (χ0) is 17.8. The number of hydrogen-bond donors (Lipinski definition) is 0. The highest BCUT2D eigenvalue weighted by molar-refractivity contribution is 5.90. The van der Waals surface area contributed by atoms with Crippen LogP contribution < -0.4 is 0 Å². The summed E-state index contributed by atoms with van der Waals surface area (Å²) in [5.41, 5.74) is 1.16. The molecule has 0 N–H and O–H groups in total. The third-order valence-electron chi connectivity index (χ3n) is 3.46. The molecule has 126 valence electrons. The smallest absolute Gasteiger partial charge is 0.338 e. The third-order valence-corrected chi connectivity index (χ3v) is 3.46. The van der Waals surface area contributed by atoms with E-state index in [2.05, 4.69) is 10.2 Å². The number of carbonyl (C=O) groups is 1. The van der Waals surface area contributed by atoms with E-state index in [1.807, 2.05) is 30.3 Å². The molecule has 3 rings (SSSR count). The standard InChI is InChI=1S/C17H13N3O5/c1-11-7-8-13(9-14(11)20(22)23)17(21)24-10-15-18-19-16(25-15)12-5-3-2-4-6-12/h2-9H,10H2,1H3. The van der Waals surface area contributed by atoms with Gasteiger partial charge >= 0.3 is 5.97 Å². The number of carbonyl (C=O) groups excluding carboxylic acids is 1. The first-order valence-electron chi connectivity index (χ1n) is 7.34.